The van der Waals surface area contributed by atoms with E-state index >= 15 is 0 Å². The number of thiazole rings is 1. The molecule has 8 heteroatoms. The minimum absolute atomic E-state index is 0. The van der Waals surface area contributed by atoms with Crippen LogP contribution in [0.1, 0.15) is 50.4 Å². The van der Waals surface area contributed by atoms with E-state index in [0.29, 0.717) is 11.8 Å². The van der Waals surface area contributed by atoms with Gasteiger partial charge in [0.05, 0.1) is 23.1 Å². The SMILES string of the molecule is CC(C)CCc1csc(-c2cnn3c(C4CCNCC4)cc(=O)[nH]c23)n1.Cl. The molecule has 27 heavy (non-hydrogen) atoms. The monoisotopic (exact) mass is 407 g/mol. The molecule has 1 saturated heterocycles. The number of nitrogens with one attached hydrogen (secondary N) is 2. The first-order valence-electron chi connectivity index (χ1n) is 9.38. The Balaban J connectivity index is 0.00000210. The van der Waals surface area contributed by atoms with Crippen LogP contribution < -0.4 is 10.9 Å². The number of rotatable bonds is 5. The molecule has 4 heterocycles. The fraction of sp³-hybridized carbons (Fsp3) is 0.526. The van der Waals surface area contributed by atoms with E-state index in [1.54, 1.807) is 17.4 Å². The summed E-state index contributed by atoms with van der Waals surface area (Å²) in [7, 11) is 0. The minimum Gasteiger partial charge on any atom is -0.317 e. The van der Waals surface area contributed by atoms with Gasteiger partial charge in [-0.25, -0.2) is 9.50 Å². The fourth-order valence-electron chi connectivity index (χ4n) is 3.56. The highest BCUT2D eigenvalue weighted by Gasteiger charge is 2.21. The number of aryl methyl sites for hydroxylation is 1. The van der Waals surface area contributed by atoms with Crippen LogP contribution in [0.2, 0.25) is 0 Å². The van der Waals surface area contributed by atoms with Gasteiger partial charge in [-0.15, -0.1) is 23.7 Å². The Morgan fingerprint density at radius 2 is 2.11 bits per heavy atom. The van der Waals surface area contributed by atoms with Crippen LogP contribution in [-0.4, -0.2) is 32.7 Å². The standard InChI is InChI=1S/C19H25N5OS.ClH/c1-12(2)3-4-14-11-26-19(22-14)15-10-21-24-16(9-17(25)23-18(15)24)13-5-7-20-8-6-13;/h9-13,20H,3-8H2,1-2H3,(H,23,25);1H. The lowest BCUT2D eigenvalue weighted by atomic mass is 9.94. The molecule has 0 saturated carbocycles. The largest absolute Gasteiger partial charge is 0.317 e. The zero-order chi connectivity index (χ0) is 18.1. The van der Waals surface area contributed by atoms with Crippen LogP contribution in [-0.2, 0) is 6.42 Å². The molecule has 0 bridgehead atoms. The van der Waals surface area contributed by atoms with Gasteiger partial charge in [0.25, 0.3) is 5.56 Å². The molecule has 1 aliphatic heterocycles. The number of hydrogen-bond acceptors (Lipinski definition) is 5. The Kier molecular flexibility index (Phi) is 6.34. The van der Waals surface area contributed by atoms with Crippen LogP contribution in [0.5, 0.6) is 0 Å². The van der Waals surface area contributed by atoms with Crippen LogP contribution in [0.25, 0.3) is 16.2 Å². The van der Waals surface area contributed by atoms with Crippen molar-refractivity contribution in [2.45, 2.75) is 45.4 Å². The highest BCUT2D eigenvalue weighted by atomic mass is 35.5. The average molecular weight is 408 g/mol. The zero-order valence-electron chi connectivity index (χ0n) is 15.7. The summed E-state index contributed by atoms with van der Waals surface area (Å²) in [4.78, 5) is 20.0. The number of nitrogens with zero attached hydrogens (tertiary/aromatic N) is 3. The molecule has 4 rings (SSSR count). The maximum Gasteiger partial charge on any atom is 0.251 e. The lowest BCUT2D eigenvalue weighted by Crippen LogP contribution is -2.28. The van der Waals surface area contributed by atoms with Crippen LogP contribution in [0, 0.1) is 5.92 Å². The van der Waals surface area contributed by atoms with E-state index in [2.05, 4.69) is 34.6 Å². The van der Waals surface area contributed by atoms with E-state index in [-0.39, 0.29) is 18.0 Å². The van der Waals surface area contributed by atoms with Crippen molar-refractivity contribution >= 4 is 29.4 Å². The van der Waals surface area contributed by atoms with Gasteiger partial charge >= 0.3 is 0 Å². The van der Waals surface area contributed by atoms with Crippen LogP contribution in [0.3, 0.4) is 0 Å². The number of halogens is 1. The van der Waals surface area contributed by atoms with E-state index in [9.17, 15) is 4.79 Å². The van der Waals surface area contributed by atoms with Crippen molar-refractivity contribution in [3.8, 4) is 10.6 Å². The highest BCUT2D eigenvalue weighted by molar-refractivity contribution is 7.13. The molecule has 0 unspecified atom stereocenters. The lowest BCUT2D eigenvalue weighted by molar-refractivity contribution is 0.446. The Morgan fingerprint density at radius 3 is 2.85 bits per heavy atom. The Labute approximate surface area is 168 Å². The Bertz CT molecular complexity index is 955. The second-order valence-electron chi connectivity index (χ2n) is 7.48. The number of fused-ring (bicyclic) bond motifs is 1. The minimum atomic E-state index is -0.0654. The molecule has 146 valence electrons. The van der Waals surface area contributed by atoms with E-state index in [1.165, 1.54) is 0 Å². The summed E-state index contributed by atoms with van der Waals surface area (Å²) in [6.45, 7) is 6.43. The van der Waals surface area contributed by atoms with Crippen molar-refractivity contribution in [2.24, 2.45) is 5.92 Å². The van der Waals surface area contributed by atoms with Gasteiger partial charge in [0.15, 0.2) is 0 Å². The summed E-state index contributed by atoms with van der Waals surface area (Å²) in [5.41, 5.74) is 3.74. The maximum absolute atomic E-state index is 12.3. The van der Waals surface area contributed by atoms with E-state index in [0.717, 1.165) is 66.4 Å². The summed E-state index contributed by atoms with van der Waals surface area (Å²) in [6, 6.07) is 1.70. The van der Waals surface area contributed by atoms with Gasteiger partial charge < -0.3 is 10.3 Å². The molecule has 0 aliphatic carbocycles. The van der Waals surface area contributed by atoms with Crippen molar-refractivity contribution < 1.29 is 0 Å². The first-order valence-corrected chi connectivity index (χ1v) is 10.3. The van der Waals surface area contributed by atoms with Gasteiger partial charge in [-0.2, -0.15) is 5.10 Å². The molecule has 0 amide bonds. The Morgan fingerprint density at radius 1 is 1.33 bits per heavy atom. The summed E-state index contributed by atoms with van der Waals surface area (Å²) in [5.74, 6) is 1.03. The van der Waals surface area contributed by atoms with Gasteiger partial charge in [0, 0.05) is 17.4 Å². The van der Waals surface area contributed by atoms with Gasteiger partial charge in [-0.05, 0) is 44.7 Å². The van der Waals surface area contributed by atoms with Crippen molar-refractivity contribution in [1.29, 1.82) is 0 Å². The van der Waals surface area contributed by atoms with E-state index < -0.39 is 0 Å². The summed E-state index contributed by atoms with van der Waals surface area (Å²) >= 11 is 1.62. The Hall–Kier alpha value is -1.70. The normalized spacial score (nSPS) is 15.4. The molecule has 6 nitrogen and oxygen atoms in total. The second kappa shape index (κ2) is 8.54. The van der Waals surface area contributed by atoms with E-state index in [1.807, 2.05) is 10.7 Å². The first-order chi connectivity index (χ1) is 12.6. The van der Waals surface area contributed by atoms with Gasteiger partial charge in [-0.3, -0.25) is 4.79 Å². The molecule has 1 aliphatic rings. The van der Waals surface area contributed by atoms with Crippen LogP contribution >= 0.6 is 23.7 Å². The number of aromatic amines is 1. The molecule has 0 aromatic carbocycles. The molecular weight excluding hydrogens is 382 g/mol. The topological polar surface area (TPSA) is 75.1 Å². The van der Waals surface area contributed by atoms with Crippen molar-refractivity contribution in [3.05, 3.63) is 39.4 Å². The summed E-state index contributed by atoms with van der Waals surface area (Å²) in [5, 5.41) is 11.0. The smallest absolute Gasteiger partial charge is 0.251 e. The molecule has 0 spiro atoms. The average Bonchev–Trinajstić information content (AvgIpc) is 3.26. The van der Waals surface area contributed by atoms with E-state index in [4.69, 9.17) is 4.98 Å². The van der Waals surface area contributed by atoms with Crippen LogP contribution in [0.15, 0.2) is 22.4 Å². The molecular formula is C19H26ClN5OS. The van der Waals surface area contributed by atoms with Gasteiger partial charge in [0.2, 0.25) is 0 Å². The van der Waals surface area contributed by atoms with Crippen molar-refractivity contribution in [3.63, 3.8) is 0 Å². The zero-order valence-corrected chi connectivity index (χ0v) is 17.3. The predicted octanol–water partition coefficient (Wildman–Crippen LogP) is 3.62. The molecule has 0 atom stereocenters. The quantitative estimate of drug-likeness (QED) is 0.677. The number of H-pyrrole nitrogens is 1. The maximum atomic E-state index is 12.3. The third kappa shape index (κ3) is 4.25. The summed E-state index contributed by atoms with van der Waals surface area (Å²) in [6.07, 6.45) is 6.02. The first kappa shape index (κ1) is 20.0. The highest BCUT2D eigenvalue weighted by Crippen LogP contribution is 2.30. The number of aromatic nitrogens is 4. The number of hydrogen-bond donors (Lipinski definition) is 2. The van der Waals surface area contributed by atoms with Crippen LogP contribution in [0.4, 0.5) is 0 Å². The second-order valence-corrected chi connectivity index (χ2v) is 8.34. The summed E-state index contributed by atoms with van der Waals surface area (Å²) < 4.78 is 1.90. The fourth-order valence-corrected chi connectivity index (χ4v) is 4.42. The third-order valence-corrected chi connectivity index (χ3v) is 5.98. The van der Waals surface area contributed by atoms with Crippen molar-refractivity contribution in [2.75, 3.05) is 13.1 Å². The molecule has 3 aromatic heterocycles. The van der Waals surface area contributed by atoms with Gasteiger partial charge in [0.1, 0.15) is 10.7 Å². The molecule has 0 radical (unpaired) electrons. The third-order valence-electron chi connectivity index (χ3n) is 5.05. The predicted molar refractivity (Wildman–Crippen MR) is 112 cm³/mol. The molecule has 2 N–H and O–H groups in total. The lowest BCUT2D eigenvalue weighted by Gasteiger charge is -2.23. The number of piperidine rings is 1. The molecule has 1 fully saturated rings. The molecule has 3 aromatic rings. The van der Waals surface area contributed by atoms with Crippen molar-refractivity contribution in [1.82, 2.24) is 24.9 Å². The van der Waals surface area contributed by atoms with Gasteiger partial charge in [-0.1, -0.05) is 13.8 Å².